The van der Waals surface area contributed by atoms with E-state index in [1.54, 1.807) is 0 Å². The first-order valence-corrected chi connectivity index (χ1v) is 6.97. The van der Waals surface area contributed by atoms with Gasteiger partial charge in [0.05, 0.1) is 11.9 Å². The Labute approximate surface area is 123 Å². The molecule has 0 saturated heterocycles. The van der Waals surface area contributed by atoms with E-state index in [0.717, 1.165) is 11.5 Å². The Hall–Kier alpha value is -2.42. The number of carbonyl (C=O) groups is 1. The lowest BCUT2D eigenvalue weighted by molar-refractivity contribution is 0.102. The third-order valence-electron chi connectivity index (χ3n) is 2.79. The van der Waals surface area contributed by atoms with E-state index < -0.39 is 5.82 Å². The number of halogens is 1. The molecule has 3 heterocycles. The first-order valence-electron chi connectivity index (χ1n) is 6.20. The number of anilines is 1. The fourth-order valence-electron chi connectivity index (χ4n) is 1.80. The Morgan fingerprint density at radius 1 is 1.43 bits per heavy atom. The van der Waals surface area contributed by atoms with E-state index in [-0.39, 0.29) is 17.8 Å². The van der Waals surface area contributed by atoms with Crippen molar-refractivity contribution in [2.75, 3.05) is 5.32 Å². The molecule has 0 aliphatic carbocycles. The summed E-state index contributed by atoms with van der Waals surface area (Å²) in [5.41, 5.74) is 1.07. The molecule has 1 amide bonds. The molecular formula is C12H11FN6OS. The lowest BCUT2D eigenvalue weighted by Crippen LogP contribution is -2.14. The maximum absolute atomic E-state index is 13.1. The zero-order valence-electron chi connectivity index (χ0n) is 11.2. The summed E-state index contributed by atoms with van der Waals surface area (Å²) >= 11 is 1.02. The van der Waals surface area contributed by atoms with Crippen LogP contribution >= 0.6 is 11.5 Å². The summed E-state index contributed by atoms with van der Waals surface area (Å²) in [7, 11) is 0. The highest BCUT2D eigenvalue weighted by atomic mass is 32.1. The zero-order valence-corrected chi connectivity index (χ0v) is 12.1. The molecule has 0 aliphatic heterocycles. The highest BCUT2D eigenvalue weighted by Crippen LogP contribution is 2.20. The standard InChI is InChI=1S/C12H11FN6OS/c1-6(2)9-10(21-18-16-9)11(20)15-12-14-8-4-3-7(13)5-19(8)17-12/h3-6H,1-2H3,(H,15,17,20). The molecule has 7 nitrogen and oxygen atoms in total. The molecule has 3 aromatic rings. The summed E-state index contributed by atoms with van der Waals surface area (Å²) in [6.07, 6.45) is 1.19. The number of fused-ring (bicyclic) bond motifs is 1. The van der Waals surface area contributed by atoms with Crippen molar-refractivity contribution in [1.29, 1.82) is 0 Å². The second-order valence-corrected chi connectivity index (χ2v) is 5.44. The van der Waals surface area contributed by atoms with Gasteiger partial charge in [0.2, 0.25) is 5.95 Å². The number of aromatic nitrogens is 5. The molecule has 0 saturated carbocycles. The van der Waals surface area contributed by atoms with Gasteiger partial charge in [0.15, 0.2) is 5.65 Å². The third-order valence-corrected chi connectivity index (χ3v) is 3.53. The predicted molar refractivity (Wildman–Crippen MR) is 74.9 cm³/mol. The number of carbonyl (C=O) groups excluding carboxylic acids is 1. The lowest BCUT2D eigenvalue weighted by atomic mass is 10.1. The van der Waals surface area contributed by atoms with Crippen molar-refractivity contribution in [2.45, 2.75) is 19.8 Å². The van der Waals surface area contributed by atoms with Gasteiger partial charge < -0.3 is 0 Å². The van der Waals surface area contributed by atoms with Crippen molar-refractivity contribution in [3.8, 4) is 0 Å². The topological polar surface area (TPSA) is 85.1 Å². The highest BCUT2D eigenvalue weighted by Gasteiger charge is 2.20. The quantitative estimate of drug-likeness (QED) is 0.801. The summed E-state index contributed by atoms with van der Waals surface area (Å²) in [6, 6.07) is 2.76. The number of amides is 1. The van der Waals surface area contributed by atoms with Gasteiger partial charge in [0.25, 0.3) is 5.91 Å². The normalized spacial score (nSPS) is 11.2. The molecule has 21 heavy (non-hydrogen) atoms. The van der Waals surface area contributed by atoms with Crippen LogP contribution in [0.1, 0.15) is 35.1 Å². The van der Waals surface area contributed by atoms with E-state index in [4.69, 9.17) is 0 Å². The average Bonchev–Trinajstić information content (AvgIpc) is 3.03. The van der Waals surface area contributed by atoms with E-state index >= 15 is 0 Å². The van der Waals surface area contributed by atoms with Gasteiger partial charge >= 0.3 is 0 Å². The summed E-state index contributed by atoms with van der Waals surface area (Å²) in [6.45, 7) is 3.86. The van der Waals surface area contributed by atoms with Crippen LogP contribution in [-0.4, -0.2) is 30.1 Å². The Balaban J connectivity index is 1.87. The van der Waals surface area contributed by atoms with Crippen LogP contribution in [0.25, 0.3) is 5.65 Å². The Morgan fingerprint density at radius 3 is 3.00 bits per heavy atom. The van der Waals surface area contributed by atoms with Gasteiger partial charge in [0.1, 0.15) is 10.7 Å². The SMILES string of the molecule is CC(C)c1nnsc1C(=O)Nc1nc2ccc(F)cn2n1. The Bertz CT molecular complexity index is 811. The van der Waals surface area contributed by atoms with Crippen LogP contribution in [0.4, 0.5) is 10.3 Å². The molecule has 0 aromatic carbocycles. The molecule has 1 N–H and O–H groups in total. The molecular weight excluding hydrogens is 295 g/mol. The van der Waals surface area contributed by atoms with Crippen LogP contribution in [0.2, 0.25) is 0 Å². The highest BCUT2D eigenvalue weighted by molar-refractivity contribution is 7.08. The fourth-order valence-corrected chi connectivity index (χ4v) is 2.52. The van der Waals surface area contributed by atoms with Crippen molar-refractivity contribution in [3.63, 3.8) is 0 Å². The molecule has 108 valence electrons. The van der Waals surface area contributed by atoms with Gasteiger partial charge in [-0.3, -0.25) is 10.1 Å². The average molecular weight is 306 g/mol. The van der Waals surface area contributed by atoms with Gasteiger partial charge in [0, 0.05) is 0 Å². The number of pyridine rings is 1. The number of nitrogens with one attached hydrogen (secondary N) is 1. The van der Waals surface area contributed by atoms with Gasteiger partial charge in [-0.25, -0.2) is 8.91 Å². The van der Waals surface area contributed by atoms with Crippen LogP contribution in [-0.2, 0) is 0 Å². The molecule has 0 spiro atoms. The lowest BCUT2D eigenvalue weighted by Gasteiger charge is -2.02. The minimum absolute atomic E-state index is 0.0904. The Morgan fingerprint density at radius 2 is 2.24 bits per heavy atom. The van der Waals surface area contributed by atoms with Gasteiger partial charge in [-0.05, 0) is 29.6 Å². The number of rotatable bonds is 3. The molecule has 0 unspecified atom stereocenters. The Kier molecular flexibility index (Phi) is 3.34. The molecule has 0 aliphatic rings. The van der Waals surface area contributed by atoms with E-state index in [1.807, 2.05) is 13.8 Å². The van der Waals surface area contributed by atoms with Crippen molar-refractivity contribution in [1.82, 2.24) is 24.2 Å². The van der Waals surface area contributed by atoms with E-state index in [0.29, 0.717) is 16.2 Å². The zero-order chi connectivity index (χ0) is 15.0. The first-order chi connectivity index (χ1) is 10.0. The molecule has 3 rings (SSSR count). The maximum Gasteiger partial charge on any atom is 0.271 e. The van der Waals surface area contributed by atoms with Crippen LogP contribution < -0.4 is 5.32 Å². The molecule has 0 atom stereocenters. The van der Waals surface area contributed by atoms with E-state index in [9.17, 15) is 9.18 Å². The van der Waals surface area contributed by atoms with E-state index in [2.05, 4.69) is 25.0 Å². The minimum atomic E-state index is -0.431. The minimum Gasteiger partial charge on any atom is -0.288 e. The summed E-state index contributed by atoms with van der Waals surface area (Å²) in [5.74, 6) is -0.606. The van der Waals surface area contributed by atoms with Crippen molar-refractivity contribution in [2.24, 2.45) is 0 Å². The number of hydrogen-bond acceptors (Lipinski definition) is 6. The fraction of sp³-hybridized carbons (Fsp3) is 0.250. The molecule has 0 radical (unpaired) electrons. The van der Waals surface area contributed by atoms with Crippen molar-refractivity contribution >= 4 is 29.0 Å². The monoisotopic (exact) mass is 306 g/mol. The summed E-state index contributed by atoms with van der Waals surface area (Å²) in [5, 5.41) is 10.5. The summed E-state index contributed by atoms with van der Waals surface area (Å²) < 4.78 is 18.1. The first kappa shape index (κ1) is 13.6. The maximum atomic E-state index is 13.1. The molecule has 0 bridgehead atoms. The van der Waals surface area contributed by atoms with Crippen LogP contribution in [0, 0.1) is 5.82 Å². The second-order valence-electron chi connectivity index (χ2n) is 4.68. The van der Waals surface area contributed by atoms with Gasteiger partial charge in [-0.2, -0.15) is 4.98 Å². The third kappa shape index (κ3) is 2.59. The van der Waals surface area contributed by atoms with Gasteiger partial charge in [-0.1, -0.05) is 18.3 Å². The van der Waals surface area contributed by atoms with Crippen molar-refractivity contribution < 1.29 is 9.18 Å². The summed E-state index contributed by atoms with van der Waals surface area (Å²) in [4.78, 5) is 16.7. The smallest absolute Gasteiger partial charge is 0.271 e. The van der Waals surface area contributed by atoms with Gasteiger partial charge in [-0.15, -0.1) is 10.2 Å². The molecule has 0 fully saturated rings. The molecule has 3 aromatic heterocycles. The van der Waals surface area contributed by atoms with Crippen LogP contribution in [0.3, 0.4) is 0 Å². The largest absolute Gasteiger partial charge is 0.288 e. The molecule has 9 heteroatoms. The van der Waals surface area contributed by atoms with E-state index in [1.165, 1.54) is 22.8 Å². The van der Waals surface area contributed by atoms with Crippen molar-refractivity contribution in [3.05, 3.63) is 34.7 Å². The van der Waals surface area contributed by atoms with Crippen LogP contribution in [0.15, 0.2) is 18.3 Å². The number of nitrogens with zero attached hydrogens (tertiary/aromatic N) is 5. The van der Waals surface area contributed by atoms with Crippen LogP contribution in [0.5, 0.6) is 0 Å². The number of hydrogen-bond donors (Lipinski definition) is 1. The second kappa shape index (κ2) is 5.17. The predicted octanol–water partition coefficient (Wildman–Crippen LogP) is 2.10.